The fourth-order valence-corrected chi connectivity index (χ4v) is 2.66. The number of carbonyl (C=O) groups is 1. The van der Waals surface area contributed by atoms with Crippen LogP contribution in [-0.4, -0.2) is 21.0 Å². The average molecular weight is 347 g/mol. The van der Waals surface area contributed by atoms with Crippen LogP contribution in [0.15, 0.2) is 54.6 Å². The van der Waals surface area contributed by atoms with Crippen molar-refractivity contribution in [3.63, 3.8) is 0 Å². The van der Waals surface area contributed by atoms with Crippen LogP contribution < -0.4 is 5.32 Å². The number of rotatable bonds is 6. The minimum atomic E-state index is -0.955. The average Bonchev–Trinajstić information content (AvgIpc) is 2.62. The first-order chi connectivity index (χ1) is 12.5. The van der Waals surface area contributed by atoms with Gasteiger partial charge in [0.25, 0.3) is 0 Å². The second-order valence-corrected chi connectivity index (χ2v) is 6.20. The van der Waals surface area contributed by atoms with E-state index < -0.39 is 5.97 Å². The Bertz CT molecular complexity index is 921. The monoisotopic (exact) mass is 347 g/mol. The maximum atomic E-state index is 11.2. The Kier molecular flexibility index (Phi) is 5.27. The van der Waals surface area contributed by atoms with Gasteiger partial charge in [0.15, 0.2) is 5.82 Å². The van der Waals surface area contributed by atoms with Crippen LogP contribution in [0.25, 0.3) is 11.4 Å². The smallest absolute Gasteiger partial charge is 0.335 e. The summed E-state index contributed by atoms with van der Waals surface area (Å²) in [5.74, 6) is 0.359. The summed E-state index contributed by atoms with van der Waals surface area (Å²) in [4.78, 5) is 20.4. The molecule has 132 valence electrons. The van der Waals surface area contributed by atoms with E-state index in [4.69, 9.17) is 5.11 Å². The van der Waals surface area contributed by atoms with E-state index in [1.165, 1.54) is 5.56 Å². The fraction of sp³-hybridized carbons (Fsp3) is 0.190. The molecular formula is C21H21N3O2. The molecule has 2 N–H and O–H groups in total. The number of nitrogens with one attached hydrogen (secondary N) is 1. The van der Waals surface area contributed by atoms with E-state index in [1.54, 1.807) is 18.2 Å². The van der Waals surface area contributed by atoms with Crippen molar-refractivity contribution in [1.82, 2.24) is 9.97 Å². The molecule has 1 heterocycles. The number of aromatic nitrogens is 2. The van der Waals surface area contributed by atoms with Gasteiger partial charge in [0.2, 0.25) is 0 Å². The zero-order valence-corrected chi connectivity index (χ0v) is 14.9. The van der Waals surface area contributed by atoms with E-state index in [0.717, 1.165) is 24.1 Å². The largest absolute Gasteiger partial charge is 0.478 e. The third-order valence-corrected chi connectivity index (χ3v) is 3.98. The van der Waals surface area contributed by atoms with E-state index in [2.05, 4.69) is 22.2 Å². The molecule has 1 aromatic heterocycles. The molecule has 0 aliphatic rings. The van der Waals surface area contributed by atoms with E-state index in [9.17, 15) is 4.79 Å². The molecule has 5 nitrogen and oxygen atoms in total. The molecule has 0 aliphatic carbocycles. The highest BCUT2D eigenvalue weighted by Crippen LogP contribution is 2.22. The lowest BCUT2D eigenvalue weighted by Gasteiger charge is -2.11. The van der Waals surface area contributed by atoms with Gasteiger partial charge in [0.1, 0.15) is 5.82 Å². The minimum absolute atomic E-state index is 0.233. The Morgan fingerprint density at radius 1 is 1.08 bits per heavy atom. The molecule has 5 heteroatoms. The fourth-order valence-electron chi connectivity index (χ4n) is 2.66. The molecule has 0 bridgehead atoms. The van der Waals surface area contributed by atoms with Gasteiger partial charge in [0, 0.05) is 23.0 Å². The molecule has 0 aliphatic heterocycles. The molecule has 2 aromatic carbocycles. The van der Waals surface area contributed by atoms with E-state index in [0.29, 0.717) is 17.3 Å². The lowest BCUT2D eigenvalue weighted by Crippen LogP contribution is -2.02. The summed E-state index contributed by atoms with van der Waals surface area (Å²) in [5, 5.41) is 12.4. The summed E-state index contributed by atoms with van der Waals surface area (Å²) in [6.45, 7) is 4.15. The van der Waals surface area contributed by atoms with Crippen LogP contribution in [0.2, 0.25) is 0 Å². The lowest BCUT2D eigenvalue weighted by molar-refractivity contribution is 0.0697. The van der Waals surface area contributed by atoms with Gasteiger partial charge in [-0.1, -0.05) is 49.2 Å². The highest BCUT2D eigenvalue weighted by Gasteiger charge is 2.09. The van der Waals surface area contributed by atoms with Crippen LogP contribution in [0.1, 0.15) is 35.0 Å². The van der Waals surface area contributed by atoms with E-state index in [1.807, 2.05) is 43.3 Å². The van der Waals surface area contributed by atoms with Crippen molar-refractivity contribution in [2.45, 2.75) is 26.7 Å². The number of anilines is 2. The number of nitrogens with zero attached hydrogens (tertiary/aromatic N) is 2. The van der Waals surface area contributed by atoms with Gasteiger partial charge in [-0.3, -0.25) is 0 Å². The number of hydrogen-bond donors (Lipinski definition) is 2. The minimum Gasteiger partial charge on any atom is -0.478 e. The van der Waals surface area contributed by atoms with Crippen molar-refractivity contribution in [3.8, 4) is 11.4 Å². The Hall–Kier alpha value is -3.21. The number of aromatic carboxylic acids is 1. The number of aryl methyl sites for hydroxylation is 2. The van der Waals surface area contributed by atoms with Crippen LogP contribution in [0.4, 0.5) is 11.5 Å². The molecule has 0 amide bonds. The zero-order valence-electron chi connectivity index (χ0n) is 14.9. The second kappa shape index (κ2) is 7.78. The number of hydrogen-bond acceptors (Lipinski definition) is 4. The molecule has 3 aromatic rings. The first-order valence-electron chi connectivity index (χ1n) is 8.60. The number of benzene rings is 2. The van der Waals surface area contributed by atoms with E-state index >= 15 is 0 Å². The van der Waals surface area contributed by atoms with Crippen LogP contribution in [-0.2, 0) is 6.42 Å². The third kappa shape index (κ3) is 4.25. The molecule has 0 radical (unpaired) electrons. The first kappa shape index (κ1) is 17.6. The van der Waals surface area contributed by atoms with Crippen molar-refractivity contribution in [2.24, 2.45) is 0 Å². The van der Waals surface area contributed by atoms with Gasteiger partial charge in [-0.25, -0.2) is 14.8 Å². The molecular weight excluding hydrogens is 326 g/mol. The number of carboxylic acid groups (broad SMARTS) is 1. The highest BCUT2D eigenvalue weighted by molar-refractivity contribution is 5.89. The van der Waals surface area contributed by atoms with Crippen LogP contribution >= 0.6 is 0 Å². The molecule has 0 unspecified atom stereocenters. The van der Waals surface area contributed by atoms with Crippen molar-refractivity contribution in [2.75, 3.05) is 5.32 Å². The number of carboxylic acids is 1. The van der Waals surface area contributed by atoms with Gasteiger partial charge >= 0.3 is 5.97 Å². The molecule has 0 fully saturated rings. The second-order valence-electron chi connectivity index (χ2n) is 6.20. The molecule has 0 saturated carbocycles. The zero-order chi connectivity index (χ0) is 18.5. The Morgan fingerprint density at radius 3 is 2.54 bits per heavy atom. The van der Waals surface area contributed by atoms with Crippen molar-refractivity contribution in [1.29, 1.82) is 0 Å². The summed E-state index contributed by atoms with van der Waals surface area (Å²) in [7, 11) is 0. The molecule has 0 spiro atoms. The quantitative estimate of drug-likeness (QED) is 0.667. The summed E-state index contributed by atoms with van der Waals surface area (Å²) < 4.78 is 0. The third-order valence-electron chi connectivity index (χ3n) is 3.98. The standard InChI is InChI=1S/C21H21N3O2/c1-3-5-17-13-19(22-18-7-4-6-16(12-18)21(25)26)24-20(23-17)15-10-8-14(2)9-11-15/h4,6-13H,3,5H2,1-2H3,(H,25,26)(H,22,23,24). The molecule has 26 heavy (non-hydrogen) atoms. The Morgan fingerprint density at radius 2 is 1.85 bits per heavy atom. The van der Waals surface area contributed by atoms with Gasteiger partial charge in [0.05, 0.1) is 5.56 Å². The van der Waals surface area contributed by atoms with Crippen LogP contribution in [0, 0.1) is 6.92 Å². The Labute approximate surface area is 152 Å². The molecule has 0 atom stereocenters. The first-order valence-corrected chi connectivity index (χ1v) is 8.60. The van der Waals surface area contributed by atoms with Crippen molar-refractivity contribution < 1.29 is 9.90 Å². The SMILES string of the molecule is CCCc1cc(Nc2cccc(C(=O)O)c2)nc(-c2ccc(C)cc2)n1. The maximum Gasteiger partial charge on any atom is 0.335 e. The topological polar surface area (TPSA) is 75.1 Å². The van der Waals surface area contributed by atoms with Crippen molar-refractivity contribution >= 4 is 17.5 Å². The van der Waals surface area contributed by atoms with Gasteiger partial charge in [-0.05, 0) is 31.5 Å². The predicted octanol–water partition coefficient (Wildman–Crippen LogP) is 4.85. The van der Waals surface area contributed by atoms with Crippen molar-refractivity contribution in [3.05, 3.63) is 71.4 Å². The summed E-state index contributed by atoms with van der Waals surface area (Å²) in [5.41, 5.74) is 4.01. The maximum absolute atomic E-state index is 11.2. The molecule has 0 saturated heterocycles. The van der Waals surface area contributed by atoms with Gasteiger partial charge in [-0.2, -0.15) is 0 Å². The lowest BCUT2D eigenvalue weighted by atomic mass is 10.1. The summed E-state index contributed by atoms with van der Waals surface area (Å²) in [6, 6.07) is 16.7. The highest BCUT2D eigenvalue weighted by atomic mass is 16.4. The Balaban J connectivity index is 1.97. The van der Waals surface area contributed by atoms with Crippen LogP contribution in [0.5, 0.6) is 0 Å². The normalized spacial score (nSPS) is 10.5. The molecule has 3 rings (SSSR count). The predicted molar refractivity (Wildman–Crippen MR) is 103 cm³/mol. The van der Waals surface area contributed by atoms with Crippen LogP contribution in [0.3, 0.4) is 0 Å². The van der Waals surface area contributed by atoms with Gasteiger partial charge in [-0.15, -0.1) is 0 Å². The van der Waals surface area contributed by atoms with E-state index in [-0.39, 0.29) is 5.56 Å². The summed E-state index contributed by atoms with van der Waals surface area (Å²) >= 11 is 0. The van der Waals surface area contributed by atoms with Gasteiger partial charge < -0.3 is 10.4 Å². The summed E-state index contributed by atoms with van der Waals surface area (Å²) in [6.07, 6.45) is 1.84.